The third-order valence-electron chi connectivity index (χ3n) is 7.63. The average Bonchev–Trinajstić information content (AvgIpc) is 2.77. The third kappa shape index (κ3) is 4.93. The van der Waals surface area contributed by atoms with Crippen molar-refractivity contribution in [3.8, 4) is 11.5 Å². The molecule has 0 N–H and O–H groups in total. The van der Waals surface area contributed by atoms with Gasteiger partial charge in [-0.2, -0.15) is 0 Å². The smallest absolute Gasteiger partial charge is 0.343 e. The van der Waals surface area contributed by atoms with E-state index in [9.17, 15) is 9.18 Å². The first-order valence-electron chi connectivity index (χ1n) is 12.2. The summed E-state index contributed by atoms with van der Waals surface area (Å²) in [4.78, 5) is 12.6. The van der Waals surface area contributed by atoms with Gasteiger partial charge < -0.3 is 14.2 Å². The maximum Gasteiger partial charge on any atom is 0.343 e. The van der Waals surface area contributed by atoms with Crippen LogP contribution in [-0.4, -0.2) is 18.9 Å². The van der Waals surface area contributed by atoms with Gasteiger partial charge in [0, 0.05) is 5.92 Å². The van der Waals surface area contributed by atoms with Crippen molar-refractivity contribution in [1.82, 2.24) is 0 Å². The monoisotopic (exact) mass is 452 g/mol. The van der Waals surface area contributed by atoms with E-state index in [1.54, 1.807) is 24.3 Å². The highest BCUT2D eigenvalue weighted by molar-refractivity contribution is 5.91. The molecule has 0 heterocycles. The van der Waals surface area contributed by atoms with Gasteiger partial charge in [-0.25, -0.2) is 9.18 Å². The molecule has 0 aliphatic heterocycles. The molecule has 4 fully saturated rings. The fraction of sp³-hybridized carbons (Fsp3) is 0.536. The lowest BCUT2D eigenvalue weighted by Crippen LogP contribution is -2.49. The van der Waals surface area contributed by atoms with Gasteiger partial charge in [-0.05, 0) is 92.0 Å². The van der Waals surface area contributed by atoms with Gasteiger partial charge in [-0.15, -0.1) is 0 Å². The van der Waals surface area contributed by atoms with Crippen LogP contribution in [0.5, 0.6) is 11.5 Å². The van der Waals surface area contributed by atoms with Crippen molar-refractivity contribution < 1.29 is 23.4 Å². The molecule has 4 nitrogen and oxygen atoms in total. The van der Waals surface area contributed by atoms with Crippen LogP contribution in [0.1, 0.15) is 62.7 Å². The molecule has 2 aromatic rings. The number of hydrogen-bond acceptors (Lipinski definition) is 4. The molecule has 176 valence electrons. The van der Waals surface area contributed by atoms with Gasteiger partial charge in [-0.3, -0.25) is 0 Å². The maximum absolute atomic E-state index is 14.6. The Morgan fingerprint density at radius 3 is 2.24 bits per heavy atom. The molecule has 6 rings (SSSR count). The molecule has 33 heavy (non-hydrogen) atoms. The summed E-state index contributed by atoms with van der Waals surface area (Å²) < 4.78 is 32.3. The first-order valence-corrected chi connectivity index (χ1v) is 12.2. The van der Waals surface area contributed by atoms with E-state index in [0.717, 1.165) is 17.8 Å². The minimum absolute atomic E-state index is 0.0155. The lowest BCUT2D eigenvalue weighted by molar-refractivity contribution is -0.167. The topological polar surface area (TPSA) is 44.8 Å². The highest BCUT2D eigenvalue weighted by Crippen LogP contribution is 2.60. The lowest BCUT2D eigenvalue weighted by Gasteiger charge is -2.56. The molecule has 4 aliphatic rings. The second-order valence-corrected chi connectivity index (χ2v) is 10.8. The average molecular weight is 453 g/mol. The Kier molecular flexibility index (Phi) is 6.17. The Hall–Kier alpha value is -2.40. The summed E-state index contributed by atoms with van der Waals surface area (Å²) >= 11 is 0. The first kappa shape index (κ1) is 22.4. The standard InChI is InChI=1S/C28H33FO4/c1-18(2)27(31-17-28-14-19-10-20(15-28)12-21(11-19)16-28)33-25-13-22(8-9-24(25)29)26(30)32-23-6-4-3-5-7-23/h3-9,13,18-21,27H,10-12,14-17H2,1-2H3. The molecule has 0 spiro atoms. The van der Waals surface area contributed by atoms with E-state index in [1.165, 1.54) is 56.7 Å². The zero-order chi connectivity index (χ0) is 23.0. The molecule has 4 saturated carbocycles. The first-order chi connectivity index (χ1) is 15.9. The highest BCUT2D eigenvalue weighted by atomic mass is 19.1. The minimum atomic E-state index is -0.576. The van der Waals surface area contributed by atoms with Gasteiger partial charge in [0.25, 0.3) is 0 Å². The Labute approximate surface area is 195 Å². The van der Waals surface area contributed by atoms with E-state index in [2.05, 4.69) is 0 Å². The van der Waals surface area contributed by atoms with E-state index in [0.29, 0.717) is 12.4 Å². The fourth-order valence-electron chi connectivity index (χ4n) is 6.59. The van der Waals surface area contributed by atoms with Crippen LogP contribution in [0.3, 0.4) is 0 Å². The molecule has 4 aliphatic carbocycles. The Morgan fingerprint density at radius 1 is 1.00 bits per heavy atom. The molecular weight excluding hydrogens is 419 g/mol. The second-order valence-electron chi connectivity index (χ2n) is 10.8. The summed E-state index contributed by atoms with van der Waals surface area (Å²) in [5, 5.41) is 0. The van der Waals surface area contributed by atoms with Crippen molar-refractivity contribution in [2.45, 2.75) is 58.7 Å². The Bertz CT molecular complexity index is 951. The van der Waals surface area contributed by atoms with Crippen LogP contribution in [-0.2, 0) is 4.74 Å². The number of carbonyl (C=O) groups is 1. The summed E-state index contributed by atoms with van der Waals surface area (Å²) in [7, 11) is 0. The third-order valence-corrected chi connectivity index (χ3v) is 7.63. The van der Waals surface area contributed by atoms with Crippen molar-refractivity contribution in [3.63, 3.8) is 0 Å². The van der Waals surface area contributed by atoms with Crippen LogP contribution >= 0.6 is 0 Å². The van der Waals surface area contributed by atoms with Crippen molar-refractivity contribution in [2.24, 2.45) is 29.1 Å². The molecule has 0 radical (unpaired) electrons. The zero-order valence-corrected chi connectivity index (χ0v) is 19.5. The molecule has 0 aromatic heterocycles. The van der Waals surface area contributed by atoms with Crippen LogP contribution in [0.2, 0.25) is 0 Å². The molecule has 5 heteroatoms. The van der Waals surface area contributed by atoms with Gasteiger partial charge in [0.2, 0.25) is 6.29 Å². The molecule has 1 unspecified atom stereocenters. The predicted molar refractivity (Wildman–Crippen MR) is 124 cm³/mol. The largest absolute Gasteiger partial charge is 0.462 e. The van der Waals surface area contributed by atoms with Gasteiger partial charge in [0.05, 0.1) is 12.2 Å². The number of para-hydroxylation sites is 1. The van der Waals surface area contributed by atoms with Crippen LogP contribution in [0, 0.1) is 34.9 Å². The van der Waals surface area contributed by atoms with E-state index < -0.39 is 18.1 Å². The number of benzene rings is 2. The molecule has 4 bridgehead atoms. The Morgan fingerprint density at radius 2 is 1.64 bits per heavy atom. The van der Waals surface area contributed by atoms with E-state index in [-0.39, 0.29) is 22.6 Å². The second kappa shape index (κ2) is 9.09. The SMILES string of the molecule is CC(C)C(OCC12CC3CC(CC(C3)C1)C2)Oc1cc(C(=O)Oc2ccccc2)ccc1F. The number of hydrogen-bond donors (Lipinski definition) is 0. The molecule has 2 aromatic carbocycles. The zero-order valence-electron chi connectivity index (χ0n) is 19.5. The number of esters is 1. The molecule has 0 amide bonds. The summed E-state index contributed by atoms with van der Waals surface area (Å²) in [6, 6.07) is 12.9. The minimum Gasteiger partial charge on any atom is -0.462 e. The van der Waals surface area contributed by atoms with Gasteiger partial charge in [-0.1, -0.05) is 32.0 Å². The van der Waals surface area contributed by atoms with Crippen molar-refractivity contribution in [2.75, 3.05) is 6.61 Å². The number of ether oxygens (including phenoxy) is 3. The normalized spacial score (nSPS) is 28.7. The van der Waals surface area contributed by atoms with Crippen molar-refractivity contribution in [1.29, 1.82) is 0 Å². The van der Waals surface area contributed by atoms with Crippen LogP contribution < -0.4 is 9.47 Å². The van der Waals surface area contributed by atoms with Crippen LogP contribution in [0.4, 0.5) is 4.39 Å². The van der Waals surface area contributed by atoms with Gasteiger partial charge in [0.1, 0.15) is 5.75 Å². The van der Waals surface area contributed by atoms with Crippen LogP contribution in [0.15, 0.2) is 48.5 Å². The van der Waals surface area contributed by atoms with Gasteiger partial charge >= 0.3 is 5.97 Å². The predicted octanol–water partition coefficient (Wildman–Crippen LogP) is 6.64. The summed E-state index contributed by atoms with van der Waals surface area (Å²) in [5.41, 5.74) is 0.490. The summed E-state index contributed by atoms with van der Waals surface area (Å²) in [6.07, 6.45) is 7.34. The van der Waals surface area contributed by atoms with E-state index in [4.69, 9.17) is 14.2 Å². The highest BCUT2D eigenvalue weighted by Gasteiger charge is 2.51. The molecular formula is C28H33FO4. The number of carbonyl (C=O) groups excluding carboxylic acids is 1. The number of halogens is 1. The summed E-state index contributed by atoms with van der Waals surface area (Å²) in [5.74, 6) is 1.97. The summed E-state index contributed by atoms with van der Waals surface area (Å²) in [6.45, 7) is 4.68. The van der Waals surface area contributed by atoms with E-state index >= 15 is 0 Å². The van der Waals surface area contributed by atoms with Gasteiger partial charge in [0.15, 0.2) is 11.6 Å². The quantitative estimate of drug-likeness (QED) is 0.256. The van der Waals surface area contributed by atoms with Crippen LogP contribution in [0.25, 0.3) is 0 Å². The van der Waals surface area contributed by atoms with Crippen molar-refractivity contribution >= 4 is 5.97 Å². The number of rotatable bonds is 8. The molecule has 0 saturated heterocycles. The van der Waals surface area contributed by atoms with E-state index in [1.807, 2.05) is 19.9 Å². The fourth-order valence-corrected chi connectivity index (χ4v) is 6.59. The molecule has 1 atom stereocenters. The Balaban J connectivity index is 1.26. The lowest BCUT2D eigenvalue weighted by atomic mass is 9.50. The maximum atomic E-state index is 14.6. The van der Waals surface area contributed by atoms with Crippen molar-refractivity contribution in [3.05, 3.63) is 59.9 Å².